The molecular weight excluding hydrogens is 416 g/mol. The Morgan fingerprint density at radius 1 is 1.45 bits per heavy atom. The zero-order chi connectivity index (χ0) is 24.0. The minimum atomic E-state index is -1.03. The molecule has 2 aromatic rings. The smallest absolute Gasteiger partial charge is 0.131 e. The van der Waals surface area contributed by atoms with Crippen molar-refractivity contribution in [3.8, 4) is 17.6 Å². The third-order valence-electron chi connectivity index (χ3n) is 6.99. The number of hydrogen-bond donors (Lipinski definition) is 2. The van der Waals surface area contributed by atoms with Gasteiger partial charge in [0.25, 0.3) is 0 Å². The van der Waals surface area contributed by atoms with Crippen LogP contribution in [0.1, 0.15) is 44.8 Å². The summed E-state index contributed by atoms with van der Waals surface area (Å²) in [7, 11) is 1.67. The maximum Gasteiger partial charge on any atom is 0.131 e. The molecule has 0 aliphatic carbocycles. The lowest BCUT2D eigenvalue weighted by atomic mass is 9.73. The summed E-state index contributed by atoms with van der Waals surface area (Å²) in [6.45, 7) is 9.51. The molecule has 0 amide bonds. The van der Waals surface area contributed by atoms with Gasteiger partial charge in [0.1, 0.15) is 17.9 Å². The monoisotopic (exact) mass is 450 g/mol. The molecule has 176 valence electrons. The van der Waals surface area contributed by atoms with Gasteiger partial charge in [-0.3, -0.25) is 4.98 Å². The van der Waals surface area contributed by atoms with E-state index in [9.17, 15) is 15.0 Å². The number of pyridine rings is 1. The number of carboxylic acids is 1. The van der Waals surface area contributed by atoms with Crippen LogP contribution < -0.4 is 14.7 Å². The molecule has 1 aromatic carbocycles. The Morgan fingerprint density at radius 2 is 2.24 bits per heavy atom. The summed E-state index contributed by atoms with van der Waals surface area (Å²) in [5, 5.41) is 22.2. The van der Waals surface area contributed by atoms with Crippen LogP contribution in [0, 0.1) is 29.6 Å². The van der Waals surface area contributed by atoms with Crippen molar-refractivity contribution < 1.29 is 24.6 Å². The molecule has 6 atom stereocenters. The molecule has 1 aromatic heterocycles. The second kappa shape index (κ2) is 11.3. The Bertz CT molecular complexity index is 1040. The van der Waals surface area contributed by atoms with Crippen LogP contribution in [0.2, 0.25) is 0 Å². The second-order valence-corrected chi connectivity index (χ2v) is 8.98. The van der Waals surface area contributed by atoms with Crippen LogP contribution in [-0.2, 0) is 4.79 Å². The van der Waals surface area contributed by atoms with Gasteiger partial charge in [-0.2, -0.15) is 0 Å². The number of nitrogens with one attached hydrogen (secondary N) is 1. The number of aromatic nitrogens is 1. The van der Waals surface area contributed by atoms with Gasteiger partial charge in [0.05, 0.1) is 25.7 Å². The molecule has 4 heterocycles. The van der Waals surface area contributed by atoms with Crippen LogP contribution in [0.25, 0.3) is 10.9 Å². The SMILES string of the molecule is C=C[C@H]1C[NH+]2CC[C@H]1C[C@H]2[C@H](O)c1ccnc2ccc(OC)cc12.CC#CCC(C)C(=O)[O-]. The molecular formula is C27H34N2O4. The molecule has 2 bridgehead atoms. The van der Waals surface area contributed by atoms with E-state index < -0.39 is 18.0 Å². The van der Waals surface area contributed by atoms with Crippen LogP contribution in [0.4, 0.5) is 0 Å². The van der Waals surface area contributed by atoms with Crippen LogP contribution in [0.5, 0.6) is 5.75 Å². The van der Waals surface area contributed by atoms with E-state index in [1.807, 2.05) is 24.3 Å². The third kappa shape index (κ3) is 5.73. The summed E-state index contributed by atoms with van der Waals surface area (Å²) in [6.07, 6.45) is 6.15. The number of aliphatic hydroxyl groups excluding tert-OH is 1. The van der Waals surface area contributed by atoms with Gasteiger partial charge >= 0.3 is 0 Å². The highest BCUT2D eigenvalue weighted by Gasteiger charge is 2.45. The Balaban J connectivity index is 0.000000292. The van der Waals surface area contributed by atoms with Gasteiger partial charge in [0.2, 0.25) is 0 Å². The summed E-state index contributed by atoms with van der Waals surface area (Å²) >= 11 is 0. The highest BCUT2D eigenvalue weighted by Crippen LogP contribution is 2.34. The quantitative estimate of drug-likeness (QED) is 0.515. The van der Waals surface area contributed by atoms with Crippen molar-refractivity contribution in [1.29, 1.82) is 0 Å². The summed E-state index contributed by atoms with van der Waals surface area (Å²) in [5.74, 6) is 5.87. The molecule has 3 saturated heterocycles. The number of rotatable bonds is 6. The average Bonchev–Trinajstić information content (AvgIpc) is 2.86. The normalized spacial score (nSPS) is 25.1. The predicted octanol–water partition coefficient (Wildman–Crippen LogP) is 1.54. The molecule has 3 aliphatic rings. The number of piperidine rings is 3. The fourth-order valence-electron chi connectivity index (χ4n) is 4.99. The Kier molecular flexibility index (Phi) is 8.49. The second-order valence-electron chi connectivity index (χ2n) is 8.98. The van der Waals surface area contributed by atoms with E-state index in [1.165, 1.54) is 11.3 Å². The number of quaternary nitrogens is 1. The van der Waals surface area contributed by atoms with Gasteiger partial charge in [-0.15, -0.1) is 18.4 Å². The van der Waals surface area contributed by atoms with Gasteiger partial charge in [-0.1, -0.05) is 13.0 Å². The van der Waals surface area contributed by atoms with E-state index in [-0.39, 0.29) is 6.04 Å². The molecule has 2 N–H and O–H groups in total. The number of ether oxygens (including phenoxy) is 1. The van der Waals surface area contributed by atoms with Crippen molar-refractivity contribution in [2.24, 2.45) is 17.8 Å². The fraction of sp³-hybridized carbons (Fsp3) is 0.481. The molecule has 3 aliphatic heterocycles. The van der Waals surface area contributed by atoms with Gasteiger partial charge in [-0.05, 0) is 42.7 Å². The van der Waals surface area contributed by atoms with Crippen LogP contribution in [-0.4, -0.2) is 42.3 Å². The average molecular weight is 451 g/mol. The molecule has 5 rings (SSSR count). The number of aliphatic hydroxyl groups is 1. The van der Waals surface area contributed by atoms with Gasteiger partial charge in [0, 0.05) is 48.7 Å². The van der Waals surface area contributed by atoms with E-state index in [2.05, 4.69) is 29.5 Å². The van der Waals surface area contributed by atoms with E-state index in [1.54, 1.807) is 27.2 Å². The van der Waals surface area contributed by atoms with Gasteiger partial charge in [0.15, 0.2) is 0 Å². The zero-order valence-corrected chi connectivity index (χ0v) is 19.7. The minimum absolute atomic E-state index is 0.261. The maximum absolute atomic E-state index is 11.2. The van der Waals surface area contributed by atoms with Crippen LogP contribution >= 0.6 is 0 Å². The van der Waals surface area contributed by atoms with Crippen LogP contribution in [0.15, 0.2) is 43.1 Å². The van der Waals surface area contributed by atoms with Crippen molar-refractivity contribution in [3.05, 3.63) is 48.7 Å². The topological polar surface area (TPSA) is 86.9 Å². The molecule has 0 saturated carbocycles. The largest absolute Gasteiger partial charge is 0.550 e. The first kappa shape index (κ1) is 24.8. The highest BCUT2D eigenvalue weighted by atomic mass is 16.5. The van der Waals surface area contributed by atoms with Gasteiger partial charge in [-0.25, -0.2) is 0 Å². The number of fused-ring (bicyclic) bond motifs is 4. The summed E-state index contributed by atoms with van der Waals surface area (Å²) in [6, 6.07) is 8.08. The first-order valence-corrected chi connectivity index (χ1v) is 11.6. The number of methoxy groups -OCH3 is 1. The first-order chi connectivity index (χ1) is 15.9. The first-order valence-electron chi connectivity index (χ1n) is 11.6. The molecule has 2 unspecified atom stereocenters. The van der Waals surface area contributed by atoms with Crippen molar-refractivity contribution in [2.75, 3.05) is 20.2 Å². The zero-order valence-electron chi connectivity index (χ0n) is 19.7. The molecule has 6 nitrogen and oxygen atoms in total. The molecule has 3 fully saturated rings. The van der Waals surface area contributed by atoms with Crippen molar-refractivity contribution in [2.45, 2.75) is 45.3 Å². The molecule has 33 heavy (non-hydrogen) atoms. The number of aliphatic carboxylic acids is 1. The summed E-state index contributed by atoms with van der Waals surface area (Å²) in [4.78, 5) is 16.0. The van der Waals surface area contributed by atoms with Gasteiger partial charge < -0.3 is 24.6 Å². The van der Waals surface area contributed by atoms with E-state index >= 15 is 0 Å². The maximum atomic E-state index is 11.2. The number of carbonyl (C=O) groups is 1. The van der Waals surface area contributed by atoms with Crippen LogP contribution in [0.3, 0.4) is 0 Å². The minimum Gasteiger partial charge on any atom is -0.550 e. The highest BCUT2D eigenvalue weighted by molar-refractivity contribution is 5.83. The van der Waals surface area contributed by atoms with E-state index in [4.69, 9.17) is 4.74 Å². The lowest BCUT2D eigenvalue weighted by Crippen LogP contribution is -3.20. The Labute approximate surface area is 196 Å². The number of carbonyl (C=O) groups excluding carboxylic acids is 1. The summed E-state index contributed by atoms with van der Waals surface area (Å²) < 4.78 is 5.35. The number of carboxylic acid groups (broad SMARTS) is 1. The number of benzene rings is 1. The Hall–Kier alpha value is -2.88. The standard InChI is InChI=1S/C20H24N2O2.C7H10O2/c1-3-13-12-22-9-7-14(13)10-19(22)20(23)16-6-8-21-18-5-4-15(24-2)11-17(16)18;1-3-4-5-6(2)7(8)9/h3-6,8,11,13-14,19-20,23H,1,7,9-10,12H2,2H3;6H,5H2,1-2H3,(H,8,9)/t13-,14-,19-,20+;/m0./s1. The molecule has 0 spiro atoms. The van der Waals surface area contributed by atoms with E-state index in [0.717, 1.165) is 41.7 Å². The lowest BCUT2D eigenvalue weighted by molar-refractivity contribution is -0.949. The predicted molar refractivity (Wildman–Crippen MR) is 126 cm³/mol. The lowest BCUT2D eigenvalue weighted by Gasteiger charge is -2.47. The fourth-order valence-corrected chi connectivity index (χ4v) is 4.99. The molecule has 6 heteroatoms. The molecule has 0 radical (unpaired) electrons. The number of nitrogens with zero attached hydrogens (tertiary/aromatic N) is 1. The van der Waals surface area contributed by atoms with Crippen molar-refractivity contribution in [3.63, 3.8) is 0 Å². The summed E-state index contributed by atoms with van der Waals surface area (Å²) in [5.41, 5.74) is 1.88. The number of hydrogen-bond acceptors (Lipinski definition) is 5. The Morgan fingerprint density at radius 3 is 2.85 bits per heavy atom. The van der Waals surface area contributed by atoms with E-state index in [0.29, 0.717) is 18.3 Å². The van der Waals surface area contributed by atoms with Crippen molar-refractivity contribution in [1.82, 2.24) is 4.98 Å². The third-order valence-corrected chi connectivity index (χ3v) is 6.99. The van der Waals surface area contributed by atoms with Crippen molar-refractivity contribution >= 4 is 16.9 Å².